The number of nitrogens with one attached hydrogen (secondary N) is 1. The van der Waals surface area contributed by atoms with Gasteiger partial charge in [-0.15, -0.1) is 0 Å². The monoisotopic (exact) mass is 264 g/mol. The third-order valence-corrected chi connectivity index (χ3v) is 3.65. The van der Waals surface area contributed by atoms with E-state index in [1.807, 2.05) is 18.0 Å². The van der Waals surface area contributed by atoms with Crippen LogP contribution in [-0.4, -0.2) is 37.0 Å². The predicted molar refractivity (Wildman–Crippen MR) is 73.4 cm³/mol. The Kier molecular flexibility index (Phi) is 4.91. The molecule has 0 spiro atoms. The van der Waals surface area contributed by atoms with Gasteiger partial charge in [0, 0.05) is 25.6 Å². The zero-order valence-electron chi connectivity index (χ0n) is 11.4. The SMILES string of the molecule is CNCCC(=O)N1CCCC1Cc1cccc(F)c1. The molecule has 1 aliphatic rings. The number of carbonyl (C=O) groups excluding carboxylic acids is 1. The summed E-state index contributed by atoms with van der Waals surface area (Å²) in [7, 11) is 1.85. The summed E-state index contributed by atoms with van der Waals surface area (Å²) in [6, 6.07) is 6.90. The Morgan fingerprint density at radius 3 is 3.11 bits per heavy atom. The molecule has 3 nitrogen and oxygen atoms in total. The number of nitrogens with zero attached hydrogens (tertiary/aromatic N) is 1. The van der Waals surface area contributed by atoms with Crippen LogP contribution in [0.5, 0.6) is 0 Å². The van der Waals surface area contributed by atoms with Gasteiger partial charge in [0.15, 0.2) is 0 Å². The van der Waals surface area contributed by atoms with Crippen LogP contribution in [0, 0.1) is 5.82 Å². The van der Waals surface area contributed by atoms with Crippen molar-refractivity contribution in [3.63, 3.8) is 0 Å². The van der Waals surface area contributed by atoms with E-state index >= 15 is 0 Å². The first-order valence-electron chi connectivity index (χ1n) is 6.89. The van der Waals surface area contributed by atoms with E-state index in [1.54, 1.807) is 12.1 Å². The van der Waals surface area contributed by atoms with Gasteiger partial charge in [-0.2, -0.15) is 0 Å². The lowest BCUT2D eigenvalue weighted by Crippen LogP contribution is -2.37. The summed E-state index contributed by atoms with van der Waals surface area (Å²) in [6.45, 7) is 1.55. The highest BCUT2D eigenvalue weighted by atomic mass is 19.1. The summed E-state index contributed by atoms with van der Waals surface area (Å²) in [5.41, 5.74) is 0.971. The van der Waals surface area contributed by atoms with Crippen molar-refractivity contribution >= 4 is 5.91 Å². The van der Waals surface area contributed by atoms with Gasteiger partial charge in [0.25, 0.3) is 0 Å². The molecule has 1 atom stereocenters. The maximum atomic E-state index is 13.2. The molecule has 0 aliphatic carbocycles. The number of hydrogen-bond acceptors (Lipinski definition) is 2. The van der Waals surface area contributed by atoms with Gasteiger partial charge >= 0.3 is 0 Å². The molecule has 1 aromatic carbocycles. The fourth-order valence-corrected chi connectivity index (χ4v) is 2.69. The zero-order valence-corrected chi connectivity index (χ0v) is 11.4. The number of likely N-dealkylation sites (tertiary alicyclic amines) is 1. The average Bonchev–Trinajstić information content (AvgIpc) is 2.84. The number of rotatable bonds is 5. The van der Waals surface area contributed by atoms with Crippen molar-refractivity contribution < 1.29 is 9.18 Å². The van der Waals surface area contributed by atoms with Gasteiger partial charge in [-0.25, -0.2) is 4.39 Å². The van der Waals surface area contributed by atoms with Crippen LogP contribution in [0.1, 0.15) is 24.8 Å². The first-order valence-corrected chi connectivity index (χ1v) is 6.89. The van der Waals surface area contributed by atoms with Crippen LogP contribution in [0.15, 0.2) is 24.3 Å². The Bertz CT molecular complexity index is 436. The van der Waals surface area contributed by atoms with Crippen LogP contribution in [0.3, 0.4) is 0 Å². The number of amides is 1. The summed E-state index contributed by atoms with van der Waals surface area (Å²) in [5.74, 6) is -0.00295. The van der Waals surface area contributed by atoms with Crippen molar-refractivity contribution in [2.24, 2.45) is 0 Å². The Morgan fingerprint density at radius 2 is 2.37 bits per heavy atom. The molecule has 1 aromatic rings. The van der Waals surface area contributed by atoms with Gasteiger partial charge in [-0.1, -0.05) is 12.1 Å². The van der Waals surface area contributed by atoms with E-state index in [-0.39, 0.29) is 17.8 Å². The standard InChI is InChI=1S/C15H21FN2O/c1-17-8-7-15(19)18-9-3-6-14(18)11-12-4-2-5-13(16)10-12/h2,4-5,10,14,17H,3,6-9,11H2,1H3. The highest BCUT2D eigenvalue weighted by Gasteiger charge is 2.28. The van der Waals surface area contributed by atoms with Crippen LogP contribution >= 0.6 is 0 Å². The van der Waals surface area contributed by atoms with Crippen molar-refractivity contribution in [1.29, 1.82) is 0 Å². The van der Waals surface area contributed by atoms with Gasteiger partial charge in [0.1, 0.15) is 5.82 Å². The number of carbonyl (C=O) groups is 1. The first kappa shape index (κ1) is 14.0. The number of benzene rings is 1. The molecule has 1 heterocycles. The Hall–Kier alpha value is -1.42. The van der Waals surface area contributed by atoms with E-state index in [1.165, 1.54) is 6.07 Å². The molecule has 1 unspecified atom stereocenters. The minimum absolute atomic E-state index is 0.202. The summed E-state index contributed by atoms with van der Waals surface area (Å²) in [5, 5.41) is 3.00. The molecule has 0 radical (unpaired) electrons. The van der Waals surface area contributed by atoms with E-state index < -0.39 is 0 Å². The smallest absolute Gasteiger partial charge is 0.224 e. The third kappa shape index (κ3) is 3.77. The largest absolute Gasteiger partial charge is 0.339 e. The van der Waals surface area contributed by atoms with Gasteiger partial charge in [-0.3, -0.25) is 4.79 Å². The zero-order chi connectivity index (χ0) is 13.7. The predicted octanol–water partition coefficient (Wildman–Crippen LogP) is 1.97. The highest BCUT2D eigenvalue weighted by molar-refractivity contribution is 5.77. The molecule has 1 fully saturated rings. The van der Waals surface area contributed by atoms with E-state index in [2.05, 4.69) is 5.32 Å². The van der Waals surface area contributed by atoms with E-state index in [0.29, 0.717) is 13.0 Å². The second-order valence-corrected chi connectivity index (χ2v) is 5.07. The lowest BCUT2D eigenvalue weighted by Gasteiger charge is -2.25. The molecule has 0 aromatic heterocycles. The van der Waals surface area contributed by atoms with Gasteiger partial charge in [0.2, 0.25) is 5.91 Å². The van der Waals surface area contributed by atoms with Crippen LogP contribution < -0.4 is 5.32 Å². The normalized spacial score (nSPS) is 18.8. The number of halogens is 1. The average molecular weight is 264 g/mol. The van der Waals surface area contributed by atoms with Crippen LogP contribution in [0.25, 0.3) is 0 Å². The van der Waals surface area contributed by atoms with Gasteiger partial charge < -0.3 is 10.2 Å². The van der Waals surface area contributed by atoms with E-state index in [4.69, 9.17) is 0 Å². The third-order valence-electron chi connectivity index (χ3n) is 3.65. The van der Waals surface area contributed by atoms with Crippen molar-refractivity contribution in [2.45, 2.75) is 31.7 Å². The minimum atomic E-state index is -0.205. The molecule has 2 rings (SSSR count). The molecular weight excluding hydrogens is 243 g/mol. The van der Waals surface area contributed by atoms with E-state index in [0.717, 1.165) is 31.4 Å². The second-order valence-electron chi connectivity index (χ2n) is 5.07. The quantitative estimate of drug-likeness (QED) is 0.882. The van der Waals surface area contributed by atoms with Crippen molar-refractivity contribution in [2.75, 3.05) is 20.1 Å². The molecule has 19 heavy (non-hydrogen) atoms. The molecule has 4 heteroatoms. The summed E-state index contributed by atoms with van der Waals surface area (Å²) in [4.78, 5) is 14.0. The molecule has 1 aliphatic heterocycles. The first-order chi connectivity index (χ1) is 9.20. The molecule has 104 valence electrons. The van der Waals surface area contributed by atoms with Crippen molar-refractivity contribution in [1.82, 2.24) is 10.2 Å². The Morgan fingerprint density at radius 1 is 1.53 bits per heavy atom. The van der Waals surface area contributed by atoms with Crippen LogP contribution in [-0.2, 0) is 11.2 Å². The summed E-state index contributed by atoms with van der Waals surface area (Å²) in [6.07, 6.45) is 3.35. The summed E-state index contributed by atoms with van der Waals surface area (Å²) >= 11 is 0. The summed E-state index contributed by atoms with van der Waals surface area (Å²) < 4.78 is 13.2. The highest BCUT2D eigenvalue weighted by Crippen LogP contribution is 2.22. The van der Waals surface area contributed by atoms with Gasteiger partial charge in [0.05, 0.1) is 0 Å². The van der Waals surface area contributed by atoms with E-state index in [9.17, 15) is 9.18 Å². The van der Waals surface area contributed by atoms with Crippen LogP contribution in [0.4, 0.5) is 4.39 Å². The molecule has 1 amide bonds. The Balaban J connectivity index is 1.97. The Labute approximate surface area is 113 Å². The maximum absolute atomic E-state index is 13.2. The van der Waals surface area contributed by atoms with Gasteiger partial charge in [-0.05, 0) is 44.0 Å². The minimum Gasteiger partial charge on any atom is -0.339 e. The molecule has 0 bridgehead atoms. The fraction of sp³-hybridized carbons (Fsp3) is 0.533. The van der Waals surface area contributed by atoms with Crippen LogP contribution in [0.2, 0.25) is 0 Å². The second kappa shape index (κ2) is 6.66. The molecule has 0 saturated carbocycles. The topological polar surface area (TPSA) is 32.3 Å². The lowest BCUT2D eigenvalue weighted by atomic mass is 10.0. The molecular formula is C15H21FN2O. The lowest BCUT2D eigenvalue weighted by molar-refractivity contribution is -0.131. The maximum Gasteiger partial charge on any atom is 0.224 e. The number of hydrogen-bond donors (Lipinski definition) is 1. The fourth-order valence-electron chi connectivity index (χ4n) is 2.69. The molecule has 1 N–H and O–H groups in total. The molecule has 1 saturated heterocycles. The van der Waals surface area contributed by atoms with Crippen molar-refractivity contribution in [3.05, 3.63) is 35.6 Å². The van der Waals surface area contributed by atoms with Crippen molar-refractivity contribution in [3.8, 4) is 0 Å².